The van der Waals surface area contributed by atoms with Crippen molar-refractivity contribution >= 4 is 6.29 Å². The van der Waals surface area contributed by atoms with Gasteiger partial charge in [0.15, 0.2) is 6.29 Å². The lowest BCUT2D eigenvalue weighted by Gasteiger charge is -2.09. The van der Waals surface area contributed by atoms with Crippen LogP contribution in [0.5, 0.6) is 5.75 Å². The van der Waals surface area contributed by atoms with Crippen molar-refractivity contribution in [3.63, 3.8) is 0 Å². The molecule has 0 unspecified atom stereocenters. The Morgan fingerprint density at radius 1 is 1.17 bits per heavy atom. The Labute approximate surface area is 105 Å². The van der Waals surface area contributed by atoms with E-state index in [9.17, 15) is 9.18 Å². The number of carbonyl (C=O) groups excluding carboxylic acids is 1. The maximum atomic E-state index is 12.7. The Bertz CT molecular complexity index is 547. The van der Waals surface area contributed by atoms with Crippen molar-refractivity contribution in [3.8, 4) is 5.75 Å². The second-order valence-electron chi connectivity index (χ2n) is 4.07. The van der Waals surface area contributed by atoms with Crippen molar-refractivity contribution < 1.29 is 13.9 Å². The molecule has 92 valence electrons. The van der Waals surface area contributed by atoms with Crippen LogP contribution in [0.25, 0.3) is 0 Å². The minimum Gasteiger partial charge on any atom is -0.488 e. The molecular formula is C15H13FO2. The number of benzene rings is 2. The first-order chi connectivity index (χ1) is 8.69. The molecule has 0 saturated carbocycles. The van der Waals surface area contributed by atoms with Gasteiger partial charge >= 0.3 is 0 Å². The molecule has 2 nitrogen and oxygen atoms in total. The fraction of sp³-hybridized carbons (Fsp3) is 0.133. The highest BCUT2D eigenvalue weighted by atomic mass is 19.1. The molecule has 0 aromatic heterocycles. The molecule has 0 radical (unpaired) electrons. The van der Waals surface area contributed by atoms with Crippen LogP contribution in [0.4, 0.5) is 4.39 Å². The zero-order valence-corrected chi connectivity index (χ0v) is 10.0. The van der Waals surface area contributed by atoms with E-state index in [0.29, 0.717) is 17.9 Å². The Balaban J connectivity index is 2.10. The number of hydrogen-bond donors (Lipinski definition) is 0. The molecule has 2 aromatic carbocycles. The van der Waals surface area contributed by atoms with Crippen LogP contribution in [-0.4, -0.2) is 6.29 Å². The summed E-state index contributed by atoms with van der Waals surface area (Å²) >= 11 is 0. The molecule has 0 bridgehead atoms. The summed E-state index contributed by atoms with van der Waals surface area (Å²) in [5.41, 5.74) is 2.39. The zero-order valence-electron chi connectivity index (χ0n) is 10.0. The third-order valence-electron chi connectivity index (χ3n) is 2.60. The number of hydrogen-bond acceptors (Lipinski definition) is 2. The zero-order chi connectivity index (χ0) is 13.0. The molecule has 2 rings (SSSR count). The molecule has 2 aromatic rings. The van der Waals surface area contributed by atoms with E-state index in [4.69, 9.17) is 4.74 Å². The molecule has 18 heavy (non-hydrogen) atoms. The quantitative estimate of drug-likeness (QED) is 0.769. The SMILES string of the molecule is Cc1ccc(OCc2ccc(F)cc2)c(C=O)c1. The molecule has 0 fully saturated rings. The smallest absolute Gasteiger partial charge is 0.153 e. The first kappa shape index (κ1) is 12.3. The second-order valence-corrected chi connectivity index (χ2v) is 4.07. The number of aryl methyl sites for hydroxylation is 1. The Kier molecular flexibility index (Phi) is 3.72. The van der Waals surface area contributed by atoms with Crippen LogP contribution < -0.4 is 4.74 Å². The summed E-state index contributed by atoms with van der Waals surface area (Å²) < 4.78 is 18.3. The number of rotatable bonds is 4. The second kappa shape index (κ2) is 5.45. The molecule has 0 heterocycles. The third kappa shape index (κ3) is 2.94. The van der Waals surface area contributed by atoms with Crippen molar-refractivity contribution in [3.05, 3.63) is 65.0 Å². The minimum absolute atomic E-state index is 0.275. The third-order valence-corrected chi connectivity index (χ3v) is 2.60. The minimum atomic E-state index is -0.275. The summed E-state index contributed by atoms with van der Waals surface area (Å²) in [5.74, 6) is 0.266. The van der Waals surface area contributed by atoms with Crippen LogP contribution in [0.15, 0.2) is 42.5 Å². The lowest BCUT2D eigenvalue weighted by Crippen LogP contribution is -1.98. The number of ether oxygens (including phenoxy) is 1. The van der Waals surface area contributed by atoms with E-state index in [1.54, 1.807) is 24.3 Å². The van der Waals surface area contributed by atoms with Gasteiger partial charge in [-0.1, -0.05) is 23.8 Å². The summed E-state index contributed by atoms with van der Waals surface area (Å²) in [6, 6.07) is 11.5. The molecule has 0 aliphatic carbocycles. The molecule has 0 N–H and O–H groups in total. The molecule has 0 aliphatic rings. The molecule has 0 amide bonds. The normalized spacial score (nSPS) is 10.1. The number of carbonyl (C=O) groups is 1. The highest BCUT2D eigenvalue weighted by Gasteiger charge is 2.03. The highest BCUT2D eigenvalue weighted by molar-refractivity contribution is 5.79. The highest BCUT2D eigenvalue weighted by Crippen LogP contribution is 2.19. The van der Waals surface area contributed by atoms with Gasteiger partial charge in [-0.25, -0.2) is 4.39 Å². The van der Waals surface area contributed by atoms with Gasteiger partial charge in [0.05, 0.1) is 5.56 Å². The van der Waals surface area contributed by atoms with Gasteiger partial charge in [-0.15, -0.1) is 0 Å². The van der Waals surface area contributed by atoms with E-state index < -0.39 is 0 Å². The van der Waals surface area contributed by atoms with Crippen LogP contribution >= 0.6 is 0 Å². The van der Waals surface area contributed by atoms with Gasteiger partial charge in [0.25, 0.3) is 0 Å². The van der Waals surface area contributed by atoms with Crippen molar-refractivity contribution in [1.29, 1.82) is 0 Å². The van der Waals surface area contributed by atoms with Gasteiger partial charge in [0.1, 0.15) is 18.2 Å². The maximum absolute atomic E-state index is 12.7. The molecule has 0 aliphatic heterocycles. The summed E-state index contributed by atoms with van der Waals surface area (Å²) in [6.07, 6.45) is 0.771. The van der Waals surface area contributed by atoms with Crippen LogP contribution in [0.3, 0.4) is 0 Å². The Morgan fingerprint density at radius 2 is 1.89 bits per heavy atom. The van der Waals surface area contributed by atoms with Crippen LogP contribution in [0.2, 0.25) is 0 Å². The fourth-order valence-corrected chi connectivity index (χ4v) is 1.63. The predicted molar refractivity (Wildman–Crippen MR) is 67.3 cm³/mol. The standard InChI is InChI=1S/C15H13FO2/c1-11-2-7-15(13(8-11)9-17)18-10-12-3-5-14(16)6-4-12/h2-9H,10H2,1H3. The average molecular weight is 244 g/mol. The van der Waals surface area contributed by atoms with E-state index in [1.165, 1.54) is 12.1 Å². The predicted octanol–water partition coefficient (Wildman–Crippen LogP) is 3.53. The largest absolute Gasteiger partial charge is 0.488 e. The maximum Gasteiger partial charge on any atom is 0.153 e. The van der Waals surface area contributed by atoms with Crippen molar-refractivity contribution in [2.24, 2.45) is 0 Å². The summed E-state index contributed by atoms with van der Waals surface area (Å²) in [5, 5.41) is 0. The molecule has 0 saturated heterocycles. The van der Waals surface area contributed by atoms with Crippen molar-refractivity contribution in [2.45, 2.75) is 13.5 Å². The summed E-state index contributed by atoms with van der Waals surface area (Å²) in [4.78, 5) is 10.9. The van der Waals surface area contributed by atoms with E-state index >= 15 is 0 Å². The number of aldehydes is 1. The lowest BCUT2D eigenvalue weighted by atomic mass is 10.1. The summed E-state index contributed by atoms with van der Waals surface area (Å²) in [6.45, 7) is 2.22. The first-order valence-corrected chi connectivity index (χ1v) is 5.62. The van der Waals surface area contributed by atoms with Crippen LogP contribution in [0, 0.1) is 12.7 Å². The molecule has 0 spiro atoms. The lowest BCUT2D eigenvalue weighted by molar-refractivity contribution is 0.111. The molecular weight excluding hydrogens is 231 g/mol. The van der Waals surface area contributed by atoms with E-state index in [1.807, 2.05) is 13.0 Å². The van der Waals surface area contributed by atoms with E-state index in [-0.39, 0.29) is 5.82 Å². The van der Waals surface area contributed by atoms with Gasteiger partial charge in [-0.2, -0.15) is 0 Å². The van der Waals surface area contributed by atoms with Crippen molar-refractivity contribution in [2.75, 3.05) is 0 Å². The monoisotopic (exact) mass is 244 g/mol. The topological polar surface area (TPSA) is 26.3 Å². The van der Waals surface area contributed by atoms with Gasteiger partial charge in [0.2, 0.25) is 0 Å². The van der Waals surface area contributed by atoms with Gasteiger partial charge in [-0.05, 0) is 36.8 Å². The van der Waals surface area contributed by atoms with Crippen molar-refractivity contribution in [1.82, 2.24) is 0 Å². The Hall–Kier alpha value is -2.16. The van der Waals surface area contributed by atoms with E-state index in [2.05, 4.69) is 0 Å². The fourth-order valence-electron chi connectivity index (χ4n) is 1.63. The summed E-state index contributed by atoms with van der Waals surface area (Å²) in [7, 11) is 0. The van der Waals surface area contributed by atoms with Gasteiger partial charge in [-0.3, -0.25) is 4.79 Å². The van der Waals surface area contributed by atoms with Gasteiger partial charge < -0.3 is 4.74 Å². The van der Waals surface area contributed by atoms with Crippen LogP contribution in [-0.2, 0) is 6.61 Å². The first-order valence-electron chi connectivity index (χ1n) is 5.62. The van der Waals surface area contributed by atoms with Gasteiger partial charge in [0, 0.05) is 0 Å². The molecule has 0 atom stereocenters. The molecule has 3 heteroatoms. The average Bonchev–Trinajstić information content (AvgIpc) is 2.39. The van der Waals surface area contributed by atoms with Crippen LogP contribution in [0.1, 0.15) is 21.5 Å². The Morgan fingerprint density at radius 3 is 2.56 bits per heavy atom. The van der Waals surface area contributed by atoms with E-state index in [0.717, 1.165) is 17.4 Å². The number of halogens is 1.